The molecule has 8 rings (SSSR count). The van der Waals surface area contributed by atoms with Gasteiger partial charge in [0, 0.05) is 25.2 Å². The summed E-state index contributed by atoms with van der Waals surface area (Å²) in [5.74, 6) is -2.55. The van der Waals surface area contributed by atoms with Gasteiger partial charge in [-0.25, -0.2) is 9.59 Å². The van der Waals surface area contributed by atoms with E-state index in [1.165, 1.54) is 18.2 Å². The standard InChI is InChI=1S/C28H30N2O3.C27H28N2O3.CH4.Li.2H2O/c1-33-28(32)25-19-24(29-18-17-21-11-5-2-6-12-21)20-30(25)27(31)26(22-13-7-3-8-14-22)23-15-9-4-10-16-23;30-26(25(21-12-6-2-7-13-21)22-14-8-3-9-15-22)29-19-23(18-24(29)27(31)32)28-17-16-20-10-4-1-5-11-20;;;;/h2-16,24-26,29H,17-20H2,1H3;1-15,23-25,28H,16-19H2,(H,31,32);1H4;;2*1H2/q;;;+1;;/p-1/t24-,25-;23-,24-;;;;/m00..../s1. The maximum atomic E-state index is 13.9. The number of ether oxygens (including phenoxy) is 1. The van der Waals surface area contributed by atoms with Gasteiger partial charge in [-0.15, -0.1) is 0 Å². The quantitative estimate of drug-likeness (QED) is 0.0947. The van der Waals surface area contributed by atoms with Crippen LogP contribution >= 0.6 is 0 Å². The van der Waals surface area contributed by atoms with Crippen LogP contribution in [0.3, 0.4) is 0 Å². The molecule has 2 fully saturated rings. The first-order valence-electron chi connectivity index (χ1n) is 22.5. The van der Waals surface area contributed by atoms with Crippen LogP contribution in [0.25, 0.3) is 0 Å². The van der Waals surface area contributed by atoms with Crippen LogP contribution in [0.1, 0.15) is 65.5 Å². The first-order valence-corrected chi connectivity index (χ1v) is 22.5. The summed E-state index contributed by atoms with van der Waals surface area (Å²) in [5, 5.41) is 16.9. The number of benzene rings is 6. The summed E-state index contributed by atoms with van der Waals surface area (Å²) in [6, 6.07) is 57.7. The van der Waals surface area contributed by atoms with E-state index in [4.69, 9.17) is 4.74 Å². The maximum Gasteiger partial charge on any atom is 1.00 e. The summed E-state index contributed by atoms with van der Waals surface area (Å²) < 4.78 is 5.07. The molecule has 0 aromatic heterocycles. The molecule has 2 amide bonds. The molecule has 0 saturated carbocycles. The van der Waals surface area contributed by atoms with Crippen molar-refractivity contribution in [1.82, 2.24) is 20.4 Å². The molecule has 2 aliphatic heterocycles. The van der Waals surface area contributed by atoms with E-state index in [2.05, 4.69) is 34.9 Å². The molecule has 69 heavy (non-hydrogen) atoms. The molecule has 2 heterocycles. The van der Waals surface area contributed by atoms with E-state index in [1.807, 2.05) is 158 Å². The van der Waals surface area contributed by atoms with E-state index in [-0.39, 0.29) is 67.1 Å². The summed E-state index contributed by atoms with van der Waals surface area (Å²) >= 11 is 0. The molecule has 6 aromatic carbocycles. The van der Waals surface area contributed by atoms with Crippen LogP contribution in [-0.2, 0) is 36.8 Å². The van der Waals surface area contributed by atoms with Gasteiger partial charge < -0.3 is 41.2 Å². The number of carbonyl (C=O) groups is 4. The Hall–Kier alpha value is -6.36. The molecule has 0 spiro atoms. The number of hydrogen-bond donors (Lipinski definition) is 3. The van der Waals surface area contributed by atoms with Gasteiger partial charge in [-0.1, -0.05) is 189 Å². The van der Waals surface area contributed by atoms with E-state index < -0.39 is 29.9 Å². The Labute approximate surface area is 418 Å². The van der Waals surface area contributed by atoms with Gasteiger partial charge in [0.25, 0.3) is 0 Å². The van der Waals surface area contributed by atoms with Crippen LogP contribution in [0.2, 0.25) is 0 Å². The zero-order chi connectivity index (χ0) is 45.4. The second-order valence-corrected chi connectivity index (χ2v) is 16.6. The van der Waals surface area contributed by atoms with E-state index in [0.717, 1.165) is 48.2 Å². The smallest absolute Gasteiger partial charge is 0.870 e. The number of aliphatic carboxylic acids is 1. The van der Waals surface area contributed by atoms with E-state index in [0.29, 0.717) is 25.9 Å². The molecule has 2 saturated heterocycles. The fourth-order valence-corrected chi connectivity index (χ4v) is 9.05. The fourth-order valence-electron chi connectivity index (χ4n) is 9.05. The van der Waals surface area contributed by atoms with Gasteiger partial charge in [-0.3, -0.25) is 9.59 Å². The third-order valence-corrected chi connectivity index (χ3v) is 12.3. The van der Waals surface area contributed by atoms with Crippen molar-refractivity contribution >= 4 is 23.8 Å². The van der Waals surface area contributed by atoms with Crippen molar-refractivity contribution in [3.63, 3.8) is 0 Å². The summed E-state index contributed by atoms with van der Waals surface area (Å²) in [4.78, 5) is 55.6. The minimum Gasteiger partial charge on any atom is -0.870 e. The topological polar surface area (TPSA) is 190 Å². The zero-order valence-electron chi connectivity index (χ0n) is 38.8. The Bertz CT molecular complexity index is 2340. The largest absolute Gasteiger partial charge is 1.00 e. The normalized spacial score (nSPS) is 16.9. The summed E-state index contributed by atoms with van der Waals surface area (Å²) in [6.45, 7) is 2.39. The maximum absolute atomic E-state index is 13.9. The van der Waals surface area contributed by atoms with Crippen LogP contribution in [0, 0.1) is 0 Å². The molecule has 0 unspecified atom stereocenters. The second kappa shape index (κ2) is 28.8. The van der Waals surface area contributed by atoms with Gasteiger partial charge >= 0.3 is 30.8 Å². The Morgan fingerprint density at radius 1 is 0.536 bits per heavy atom. The van der Waals surface area contributed by atoms with Crippen LogP contribution in [0.4, 0.5) is 0 Å². The second-order valence-electron chi connectivity index (χ2n) is 16.6. The first kappa shape index (κ1) is 57.0. The molecule has 6 aromatic rings. The zero-order valence-corrected chi connectivity index (χ0v) is 38.8. The van der Waals surface area contributed by atoms with Crippen LogP contribution in [0.5, 0.6) is 0 Å². The number of carboxylic acid groups (broad SMARTS) is 1. The number of likely N-dealkylation sites (tertiary alicyclic amines) is 2. The molecular weight excluding hydrogens is 864 g/mol. The van der Waals surface area contributed by atoms with Gasteiger partial charge in [0.05, 0.1) is 18.9 Å². The number of methoxy groups -OCH3 is 1. The molecular formula is C56H65LiN4O8. The fraction of sp³-hybridized carbons (Fsp3) is 0.286. The molecule has 13 heteroatoms. The van der Waals surface area contributed by atoms with Crippen molar-refractivity contribution in [3.8, 4) is 0 Å². The van der Waals surface area contributed by atoms with Crippen LogP contribution in [0.15, 0.2) is 182 Å². The van der Waals surface area contributed by atoms with Crippen molar-refractivity contribution in [1.29, 1.82) is 0 Å². The van der Waals surface area contributed by atoms with Gasteiger partial charge in [0.15, 0.2) is 0 Å². The van der Waals surface area contributed by atoms with Gasteiger partial charge in [-0.2, -0.15) is 0 Å². The van der Waals surface area contributed by atoms with Gasteiger partial charge in [-0.05, 0) is 72.2 Å². The van der Waals surface area contributed by atoms with E-state index in [9.17, 15) is 24.3 Å². The minimum absolute atomic E-state index is 0. The molecule has 6 N–H and O–H groups in total. The first-order chi connectivity index (χ1) is 31.8. The average Bonchev–Trinajstić information content (AvgIpc) is 3.99. The molecule has 358 valence electrons. The molecule has 0 bridgehead atoms. The molecule has 12 nitrogen and oxygen atoms in total. The summed E-state index contributed by atoms with van der Waals surface area (Å²) in [5.41, 5.74) is 6.06. The third kappa shape index (κ3) is 15.3. The number of rotatable bonds is 16. The monoisotopic (exact) mass is 928 g/mol. The average molecular weight is 929 g/mol. The summed E-state index contributed by atoms with van der Waals surface area (Å²) in [7, 11) is 1.38. The Morgan fingerprint density at radius 2 is 0.826 bits per heavy atom. The number of esters is 1. The van der Waals surface area contributed by atoms with Crippen molar-refractivity contribution in [2.75, 3.05) is 33.3 Å². The van der Waals surface area contributed by atoms with Crippen molar-refractivity contribution in [2.45, 2.75) is 69.1 Å². The van der Waals surface area contributed by atoms with Crippen LogP contribution in [-0.4, -0.2) is 107 Å². The summed E-state index contributed by atoms with van der Waals surface area (Å²) in [6.07, 6.45) is 2.71. The van der Waals surface area contributed by atoms with E-state index >= 15 is 0 Å². The van der Waals surface area contributed by atoms with Gasteiger partial charge in [0.2, 0.25) is 11.8 Å². The Kier molecular flexibility index (Phi) is 23.8. The predicted molar refractivity (Wildman–Crippen MR) is 265 cm³/mol. The molecule has 4 atom stereocenters. The molecule has 0 aliphatic carbocycles. The minimum atomic E-state index is -0.953. The Balaban J connectivity index is 0.000000345. The van der Waals surface area contributed by atoms with Crippen molar-refractivity contribution in [3.05, 3.63) is 215 Å². The molecule has 2 aliphatic rings. The predicted octanol–water partition coefficient (Wildman–Crippen LogP) is 4.14. The SMILES string of the molecule is C.COC(=O)[C@@H]1C[C@H](NCCc2ccccc2)CN1C(=O)C(c1ccccc1)c1ccccc1.O.O=C(O)[C@@H]1C[C@H](NCCc2ccccc2)CN1C(=O)C(c1ccccc1)c1ccccc1.[Li+].[OH-]. The number of carboxylic acids is 1. The Morgan fingerprint density at radius 3 is 1.13 bits per heavy atom. The van der Waals surface area contributed by atoms with Crippen molar-refractivity contribution in [2.24, 2.45) is 0 Å². The number of carbonyl (C=O) groups excluding carboxylic acids is 3. The van der Waals surface area contributed by atoms with Gasteiger partial charge in [0.1, 0.15) is 12.1 Å². The van der Waals surface area contributed by atoms with E-state index in [1.54, 1.807) is 9.80 Å². The third-order valence-electron chi connectivity index (χ3n) is 12.3. The number of nitrogens with one attached hydrogen (secondary N) is 2. The molecule has 0 radical (unpaired) electrons. The van der Waals surface area contributed by atoms with Crippen LogP contribution < -0.4 is 29.5 Å². The van der Waals surface area contributed by atoms with Crippen molar-refractivity contribution < 1.29 is 58.8 Å². The number of hydrogen-bond acceptors (Lipinski definition) is 8. The number of nitrogens with zero attached hydrogens (tertiary/aromatic N) is 2. The number of amides is 2.